The zero-order valence-corrected chi connectivity index (χ0v) is 8.84. The molecule has 0 saturated heterocycles. The highest BCUT2D eigenvalue weighted by atomic mass is 16.5. The van der Waals surface area contributed by atoms with Crippen LogP contribution in [0.25, 0.3) is 0 Å². The molecule has 0 aromatic rings. The molecule has 0 aromatic heterocycles. The first-order valence-electron chi connectivity index (χ1n) is 4.95. The normalized spacial score (nSPS) is 18.8. The highest BCUT2D eigenvalue weighted by Gasteiger charge is 2.09. The van der Waals surface area contributed by atoms with Gasteiger partial charge in [-0.05, 0) is 26.2 Å². The average molecular weight is 173 g/mol. The predicted molar refractivity (Wildman–Crippen MR) is 53.1 cm³/mol. The monoisotopic (exact) mass is 173 g/mol. The third kappa shape index (κ3) is 5.56. The van der Waals surface area contributed by atoms with Crippen molar-refractivity contribution < 1.29 is 4.74 Å². The maximum atomic E-state index is 5.67. The fraction of sp³-hybridized carbons (Fsp3) is 1.00. The fourth-order valence-electron chi connectivity index (χ4n) is 1.04. The summed E-state index contributed by atoms with van der Waals surface area (Å²) in [5.41, 5.74) is 5.67. The first-order chi connectivity index (χ1) is 5.57. The summed E-state index contributed by atoms with van der Waals surface area (Å²) >= 11 is 0. The summed E-state index contributed by atoms with van der Waals surface area (Å²) in [5.74, 6) is 0.663. The smallest absolute Gasteiger partial charge is 0.0695 e. The van der Waals surface area contributed by atoms with Crippen molar-refractivity contribution >= 4 is 0 Å². The van der Waals surface area contributed by atoms with Crippen LogP contribution in [0.4, 0.5) is 0 Å². The molecule has 0 amide bonds. The number of ether oxygens (including phenoxy) is 1. The molecule has 2 unspecified atom stereocenters. The molecule has 74 valence electrons. The highest BCUT2D eigenvalue weighted by molar-refractivity contribution is 4.63. The van der Waals surface area contributed by atoms with E-state index in [9.17, 15) is 0 Å². The van der Waals surface area contributed by atoms with E-state index < -0.39 is 0 Å². The molecule has 0 aromatic carbocycles. The van der Waals surface area contributed by atoms with Crippen molar-refractivity contribution in [2.24, 2.45) is 11.7 Å². The second kappa shape index (κ2) is 6.44. The maximum absolute atomic E-state index is 5.67. The van der Waals surface area contributed by atoms with E-state index in [4.69, 9.17) is 10.5 Å². The molecular formula is C10H23NO. The summed E-state index contributed by atoms with van der Waals surface area (Å²) in [6.45, 7) is 9.28. The zero-order valence-electron chi connectivity index (χ0n) is 8.84. The number of hydrogen-bond acceptors (Lipinski definition) is 2. The molecule has 0 heterocycles. The van der Waals surface area contributed by atoms with Crippen molar-refractivity contribution in [2.45, 2.75) is 52.7 Å². The van der Waals surface area contributed by atoms with Gasteiger partial charge in [-0.1, -0.05) is 20.3 Å². The van der Waals surface area contributed by atoms with Crippen LogP contribution in [0.2, 0.25) is 0 Å². The third-order valence-electron chi connectivity index (χ3n) is 2.17. The molecule has 0 aliphatic heterocycles. The van der Waals surface area contributed by atoms with Gasteiger partial charge in [-0.3, -0.25) is 0 Å². The van der Waals surface area contributed by atoms with Gasteiger partial charge in [0.15, 0.2) is 0 Å². The van der Waals surface area contributed by atoms with E-state index in [1.165, 1.54) is 12.8 Å². The highest BCUT2D eigenvalue weighted by Crippen LogP contribution is 2.07. The first-order valence-corrected chi connectivity index (χ1v) is 4.95. The SMILES string of the molecule is CCCC(C)COC(C)[C@@H](C)N. The molecule has 0 fully saturated rings. The Morgan fingerprint density at radius 1 is 1.25 bits per heavy atom. The fourth-order valence-corrected chi connectivity index (χ4v) is 1.04. The molecule has 12 heavy (non-hydrogen) atoms. The van der Waals surface area contributed by atoms with E-state index in [1.54, 1.807) is 0 Å². The predicted octanol–water partition coefficient (Wildman–Crippen LogP) is 2.17. The Hall–Kier alpha value is -0.0800. The van der Waals surface area contributed by atoms with Gasteiger partial charge in [0.1, 0.15) is 0 Å². The minimum absolute atomic E-state index is 0.138. The quantitative estimate of drug-likeness (QED) is 0.668. The van der Waals surface area contributed by atoms with Gasteiger partial charge in [0.25, 0.3) is 0 Å². The summed E-state index contributed by atoms with van der Waals surface area (Å²) in [5, 5.41) is 0. The average Bonchev–Trinajstić information content (AvgIpc) is 2.00. The van der Waals surface area contributed by atoms with Gasteiger partial charge >= 0.3 is 0 Å². The molecule has 0 spiro atoms. The standard InChI is InChI=1S/C10H23NO/c1-5-6-8(2)7-12-10(4)9(3)11/h8-10H,5-7,11H2,1-4H3/t8?,9-,10?/m1/s1. The molecule has 0 aliphatic carbocycles. The summed E-state index contributed by atoms with van der Waals surface area (Å²) in [6.07, 6.45) is 2.66. The molecule has 0 bridgehead atoms. The van der Waals surface area contributed by atoms with Crippen LogP contribution in [0.3, 0.4) is 0 Å². The van der Waals surface area contributed by atoms with Gasteiger partial charge in [-0.25, -0.2) is 0 Å². The minimum atomic E-state index is 0.138. The minimum Gasteiger partial charge on any atom is -0.377 e. The summed E-state index contributed by atoms with van der Waals surface area (Å²) < 4.78 is 5.59. The van der Waals surface area contributed by atoms with Gasteiger partial charge in [0.2, 0.25) is 0 Å². The molecule has 2 heteroatoms. The molecule has 0 saturated carbocycles. The van der Waals surface area contributed by atoms with E-state index in [0.29, 0.717) is 5.92 Å². The van der Waals surface area contributed by atoms with E-state index in [2.05, 4.69) is 13.8 Å². The number of nitrogens with two attached hydrogens (primary N) is 1. The second-order valence-corrected chi connectivity index (χ2v) is 3.79. The molecule has 3 atom stereocenters. The van der Waals surface area contributed by atoms with E-state index >= 15 is 0 Å². The van der Waals surface area contributed by atoms with Crippen LogP contribution in [-0.4, -0.2) is 18.8 Å². The van der Waals surface area contributed by atoms with Crippen molar-refractivity contribution in [3.05, 3.63) is 0 Å². The van der Waals surface area contributed by atoms with Gasteiger partial charge < -0.3 is 10.5 Å². The summed E-state index contributed by atoms with van der Waals surface area (Å²) in [7, 11) is 0. The molecule has 0 radical (unpaired) electrons. The largest absolute Gasteiger partial charge is 0.377 e. The first kappa shape index (κ1) is 11.9. The van der Waals surface area contributed by atoms with Crippen LogP contribution in [0.1, 0.15) is 40.5 Å². The topological polar surface area (TPSA) is 35.2 Å². The summed E-state index contributed by atoms with van der Waals surface area (Å²) in [4.78, 5) is 0. The third-order valence-corrected chi connectivity index (χ3v) is 2.17. The Labute approximate surface area is 76.5 Å². The molecule has 2 N–H and O–H groups in total. The maximum Gasteiger partial charge on any atom is 0.0695 e. The Kier molecular flexibility index (Phi) is 6.39. The van der Waals surface area contributed by atoms with Crippen LogP contribution in [-0.2, 0) is 4.74 Å². The van der Waals surface area contributed by atoms with Crippen molar-refractivity contribution in [2.75, 3.05) is 6.61 Å². The number of rotatable bonds is 6. The second-order valence-electron chi connectivity index (χ2n) is 3.79. The zero-order chi connectivity index (χ0) is 9.56. The van der Waals surface area contributed by atoms with Gasteiger partial charge in [0, 0.05) is 12.6 Å². The van der Waals surface area contributed by atoms with Crippen LogP contribution in [0.5, 0.6) is 0 Å². The Bertz CT molecular complexity index is 104. The molecule has 2 nitrogen and oxygen atoms in total. The number of hydrogen-bond donors (Lipinski definition) is 1. The van der Waals surface area contributed by atoms with E-state index in [0.717, 1.165) is 6.61 Å². The Balaban J connectivity index is 3.40. The lowest BCUT2D eigenvalue weighted by molar-refractivity contribution is 0.0302. The lowest BCUT2D eigenvalue weighted by Crippen LogP contribution is -2.32. The van der Waals surface area contributed by atoms with Crippen molar-refractivity contribution in [3.8, 4) is 0 Å². The van der Waals surface area contributed by atoms with Crippen molar-refractivity contribution in [1.29, 1.82) is 0 Å². The molecular weight excluding hydrogens is 150 g/mol. The molecule has 0 rings (SSSR count). The lowest BCUT2D eigenvalue weighted by atomic mass is 10.1. The summed E-state index contributed by atoms with van der Waals surface area (Å²) in [6, 6.07) is 0.138. The Morgan fingerprint density at radius 3 is 2.25 bits per heavy atom. The van der Waals surface area contributed by atoms with Crippen LogP contribution in [0, 0.1) is 5.92 Å². The van der Waals surface area contributed by atoms with E-state index in [1.807, 2.05) is 13.8 Å². The van der Waals surface area contributed by atoms with Gasteiger partial charge in [-0.2, -0.15) is 0 Å². The van der Waals surface area contributed by atoms with E-state index in [-0.39, 0.29) is 12.1 Å². The van der Waals surface area contributed by atoms with Crippen LogP contribution >= 0.6 is 0 Å². The van der Waals surface area contributed by atoms with Gasteiger partial charge in [0.05, 0.1) is 6.10 Å². The van der Waals surface area contributed by atoms with Crippen molar-refractivity contribution in [3.63, 3.8) is 0 Å². The van der Waals surface area contributed by atoms with Gasteiger partial charge in [-0.15, -0.1) is 0 Å². The molecule has 0 aliphatic rings. The van der Waals surface area contributed by atoms with Crippen LogP contribution in [0.15, 0.2) is 0 Å². The lowest BCUT2D eigenvalue weighted by Gasteiger charge is -2.19. The van der Waals surface area contributed by atoms with Crippen molar-refractivity contribution in [1.82, 2.24) is 0 Å². The van der Waals surface area contributed by atoms with Crippen LogP contribution < -0.4 is 5.73 Å². The Morgan fingerprint density at radius 2 is 1.83 bits per heavy atom.